The summed E-state index contributed by atoms with van der Waals surface area (Å²) in [5, 5.41) is 0. The predicted octanol–water partition coefficient (Wildman–Crippen LogP) is 3.06. The van der Waals surface area contributed by atoms with E-state index in [-0.39, 0.29) is 0 Å². The van der Waals surface area contributed by atoms with Crippen molar-refractivity contribution in [3.05, 3.63) is 29.8 Å². The van der Waals surface area contributed by atoms with E-state index in [2.05, 4.69) is 0 Å². The third kappa shape index (κ3) is 2.41. The minimum Gasteiger partial charge on any atom is -0.497 e. The predicted molar refractivity (Wildman–Crippen MR) is 47.4 cm³/mol. The lowest BCUT2D eigenvalue weighted by Crippen LogP contribution is -2.04. The normalized spacial score (nSPS) is 13.0. The van der Waals surface area contributed by atoms with Gasteiger partial charge in [0.05, 0.1) is 7.11 Å². The SMILES string of the molecule is COc1ccc(C(C)C(F)F)cc1. The van der Waals surface area contributed by atoms with Crippen molar-refractivity contribution in [1.29, 1.82) is 0 Å². The van der Waals surface area contributed by atoms with Gasteiger partial charge in [-0.05, 0) is 17.7 Å². The highest BCUT2D eigenvalue weighted by Gasteiger charge is 2.16. The first-order chi connectivity index (χ1) is 6.15. The van der Waals surface area contributed by atoms with Gasteiger partial charge in [-0.15, -0.1) is 0 Å². The number of alkyl halides is 2. The molecule has 72 valence electrons. The Bertz CT molecular complexity index is 256. The Morgan fingerprint density at radius 2 is 1.69 bits per heavy atom. The Labute approximate surface area is 76.3 Å². The highest BCUT2D eigenvalue weighted by Crippen LogP contribution is 2.24. The van der Waals surface area contributed by atoms with Crippen molar-refractivity contribution in [3.63, 3.8) is 0 Å². The first-order valence-electron chi connectivity index (χ1n) is 4.07. The summed E-state index contributed by atoms with van der Waals surface area (Å²) in [4.78, 5) is 0. The molecule has 0 amide bonds. The number of halogens is 2. The third-order valence-electron chi connectivity index (χ3n) is 2.02. The highest BCUT2D eigenvalue weighted by molar-refractivity contribution is 5.29. The Morgan fingerprint density at radius 3 is 2.08 bits per heavy atom. The van der Waals surface area contributed by atoms with E-state index in [1.54, 1.807) is 31.4 Å². The Balaban J connectivity index is 2.79. The van der Waals surface area contributed by atoms with Crippen LogP contribution in [0.15, 0.2) is 24.3 Å². The number of hydrogen-bond acceptors (Lipinski definition) is 1. The smallest absolute Gasteiger partial charge is 0.245 e. The topological polar surface area (TPSA) is 9.23 Å². The summed E-state index contributed by atoms with van der Waals surface area (Å²) in [5.41, 5.74) is 0.635. The van der Waals surface area contributed by atoms with Crippen LogP contribution in [0.2, 0.25) is 0 Å². The Kier molecular flexibility index (Phi) is 3.23. The second kappa shape index (κ2) is 4.21. The first-order valence-corrected chi connectivity index (χ1v) is 4.07. The van der Waals surface area contributed by atoms with Crippen LogP contribution in [-0.2, 0) is 0 Å². The fraction of sp³-hybridized carbons (Fsp3) is 0.400. The molecule has 1 atom stereocenters. The molecule has 1 aromatic carbocycles. The molecule has 1 unspecified atom stereocenters. The fourth-order valence-corrected chi connectivity index (χ4v) is 1.05. The summed E-state index contributed by atoms with van der Waals surface area (Å²) in [6.07, 6.45) is -2.31. The summed E-state index contributed by atoms with van der Waals surface area (Å²) >= 11 is 0. The monoisotopic (exact) mass is 186 g/mol. The number of benzene rings is 1. The molecule has 1 aromatic rings. The van der Waals surface area contributed by atoms with E-state index in [0.29, 0.717) is 11.3 Å². The highest BCUT2D eigenvalue weighted by atomic mass is 19.3. The van der Waals surface area contributed by atoms with Crippen molar-refractivity contribution in [3.8, 4) is 5.75 Å². The van der Waals surface area contributed by atoms with E-state index in [4.69, 9.17) is 4.74 Å². The molecule has 0 saturated carbocycles. The van der Waals surface area contributed by atoms with Gasteiger partial charge in [0.2, 0.25) is 6.43 Å². The van der Waals surface area contributed by atoms with Crippen LogP contribution in [0.1, 0.15) is 18.4 Å². The molecule has 0 aliphatic heterocycles. The van der Waals surface area contributed by atoms with E-state index in [0.717, 1.165) is 0 Å². The molecule has 0 aliphatic rings. The minimum atomic E-state index is -2.31. The van der Waals surface area contributed by atoms with E-state index in [9.17, 15) is 8.78 Å². The average Bonchev–Trinajstić information content (AvgIpc) is 2.17. The molecule has 0 N–H and O–H groups in total. The average molecular weight is 186 g/mol. The van der Waals surface area contributed by atoms with Crippen molar-refractivity contribution >= 4 is 0 Å². The van der Waals surface area contributed by atoms with Crippen molar-refractivity contribution in [1.82, 2.24) is 0 Å². The van der Waals surface area contributed by atoms with Crippen LogP contribution in [0.3, 0.4) is 0 Å². The van der Waals surface area contributed by atoms with Gasteiger partial charge >= 0.3 is 0 Å². The Morgan fingerprint density at radius 1 is 1.15 bits per heavy atom. The van der Waals surface area contributed by atoms with Crippen LogP contribution in [0.4, 0.5) is 8.78 Å². The molecule has 0 aliphatic carbocycles. The van der Waals surface area contributed by atoms with Crippen LogP contribution in [-0.4, -0.2) is 13.5 Å². The molecule has 0 saturated heterocycles. The maximum absolute atomic E-state index is 12.3. The second-order valence-corrected chi connectivity index (χ2v) is 2.90. The Hall–Kier alpha value is -1.12. The summed E-state index contributed by atoms with van der Waals surface area (Å²) in [5.74, 6) is -0.0314. The van der Waals surface area contributed by atoms with Crippen LogP contribution >= 0.6 is 0 Å². The van der Waals surface area contributed by atoms with E-state index >= 15 is 0 Å². The van der Waals surface area contributed by atoms with Crippen LogP contribution in [0.5, 0.6) is 5.75 Å². The van der Waals surface area contributed by atoms with Crippen molar-refractivity contribution in [2.24, 2.45) is 0 Å². The van der Waals surface area contributed by atoms with Crippen molar-refractivity contribution in [2.75, 3.05) is 7.11 Å². The minimum absolute atomic E-state index is 0.635. The standard InChI is InChI=1S/C10H12F2O/c1-7(10(11)12)8-3-5-9(13-2)6-4-8/h3-7,10H,1-2H3. The molecule has 0 spiro atoms. The van der Waals surface area contributed by atoms with Crippen molar-refractivity contribution < 1.29 is 13.5 Å². The molecular weight excluding hydrogens is 174 g/mol. The van der Waals surface area contributed by atoms with Gasteiger partial charge in [0, 0.05) is 5.92 Å². The van der Waals surface area contributed by atoms with Crippen LogP contribution in [0, 0.1) is 0 Å². The second-order valence-electron chi connectivity index (χ2n) is 2.90. The molecule has 0 fully saturated rings. The van der Waals surface area contributed by atoms with Crippen molar-refractivity contribution in [2.45, 2.75) is 19.3 Å². The van der Waals surface area contributed by atoms with Gasteiger partial charge < -0.3 is 4.74 Å². The molecule has 0 radical (unpaired) electrons. The van der Waals surface area contributed by atoms with Crippen LogP contribution in [0.25, 0.3) is 0 Å². The zero-order valence-electron chi connectivity index (χ0n) is 7.63. The van der Waals surface area contributed by atoms with Gasteiger partial charge in [0.15, 0.2) is 0 Å². The molecular formula is C10H12F2O. The zero-order chi connectivity index (χ0) is 9.84. The molecule has 0 aromatic heterocycles. The van der Waals surface area contributed by atoms with Gasteiger partial charge in [0.1, 0.15) is 5.75 Å². The third-order valence-corrected chi connectivity index (χ3v) is 2.02. The molecule has 1 rings (SSSR count). The van der Waals surface area contributed by atoms with E-state index < -0.39 is 12.3 Å². The van der Waals surface area contributed by atoms with E-state index in [1.807, 2.05) is 0 Å². The summed E-state index contributed by atoms with van der Waals surface area (Å²) in [6, 6.07) is 6.70. The van der Waals surface area contributed by atoms with Gasteiger partial charge in [-0.3, -0.25) is 0 Å². The lowest BCUT2D eigenvalue weighted by Gasteiger charge is -2.10. The molecule has 1 nitrogen and oxygen atoms in total. The maximum atomic E-state index is 12.3. The number of hydrogen-bond donors (Lipinski definition) is 0. The summed E-state index contributed by atoms with van der Waals surface area (Å²) in [6.45, 7) is 1.51. The number of methoxy groups -OCH3 is 1. The summed E-state index contributed by atoms with van der Waals surface area (Å²) < 4.78 is 29.5. The first kappa shape index (κ1) is 9.96. The van der Waals surface area contributed by atoms with Gasteiger partial charge in [-0.2, -0.15) is 0 Å². The lowest BCUT2D eigenvalue weighted by molar-refractivity contribution is 0.121. The quantitative estimate of drug-likeness (QED) is 0.704. The summed E-state index contributed by atoms with van der Waals surface area (Å²) in [7, 11) is 1.55. The van der Waals surface area contributed by atoms with Gasteiger partial charge in [-0.1, -0.05) is 19.1 Å². The number of ether oxygens (including phenoxy) is 1. The largest absolute Gasteiger partial charge is 0.497 e. The van der Waals surface area contributed by atoms with Gasteiger partial charge in [-0.25, -0.2) is 8.78 Å². The van der Waals surface area contributed by atoms with E-state index in [1.165, 1.54) is 6.92 Å². The molecule has 3 heteroatoms. The van der Waals surface area contributed by atoms with Gasteiger partial charge in [0.25, 0.3) is 0 Å². The fourth-order valence-electron chi connectivity index (χ4n) is 1.05. The molecule has 0 heterocycles. The molecule has 0 bridgehead atoms. The lowest BCUT2D eigenvalue weighted by atomic mass is 10.0. The molecule has 13 heavy (non-hydrogen) atoms. The number of rotatable bonds is 3. The zero-order valence-corrected chi connectivity index (χ0v) is 7.63. The maximum Gasteiger partial charge on any atom is 0.245 e. The van der Waals surface area contributed by atoms with Crippen LogP contribution < -0.4 is 4.74 Å².